The zero-order chi connectivity index (χ0) is 9.80. The van der Waals surface area contributed by atoms with Crippen LogP contribution < -0.4 is 5.73 Å². The highest BCUT2D eigenvalue weighted by Crippen LogP contribution is 2.25. The summed E-state index contributed by atoms with van der Waals surface area (Å²) in [5.74, 6) is 0.849. The third-order valence-electron chi connectivity index (χ3n) is 1.75. The van der Waals surface area contributed by atoms with Crippen LogP contribution in [0.5, 0.6) is 0 Å². The molecular formula is C9H9N3S2. The van der Waals surface area contributed by atoms with Crippen molar-refractivity contribution in [3.63, 3.8) is 0 Å². The van der Waals surface area contributed by atoms with Crippen LogP contribution in [0.2, 0.25) is 0 Å². The second kappa shape index (κ2) is 4.43. The van der Waals surface area contributed by atoms with Gasteiger partial charge in [0.05, 0.1) is 0 Å². The summed E-state index contributed by atoms with van der Waals surface area (Å²) in [6.07, 6.45) is 1.57. The predicted octanol–water partition coefficient (Wildman–Crippen LogP) is 2.41. The van der Waals surface area contributed by atoms with E-state index in [1.165, 1.54) is 11.5 Å². The van der Waals surface area contributed by atoms with Crippen molar-refractivity contribution in [3.8, 4) is 0 Å². The number of nitrogen functional groups attached to an aromatic ring is 1. The maximum absolute atomic E-state index is 5.81. The average molecular weight is 223 g/mol. The minimum absolute atomic E-state index is 0.838. The Morgan fingerprint density at radius 3 is 2.93 bits per heavy atom. The first kappa shape index (κ1) is 9.48. The fraction of sp³-hybridized carbons (Fsp3) is 0.111. The average Bonchev–Trinajstić information content (AvgIpc) is 2.69. The number of nitrogens with two attached hydrogens (primary N) is 1. The molecule has 5 heteroatoms. The largest absolute Gasteiger partial charge is 0.398 e. The van der Waals surface area contributed by atoms with E-state index in [4.69, 9.17) is 5.73 Å². The Morgan fingerprint density at radius 2 is 2.21 bits per heavy atom. The summed E-state index contributed by atoms with van der Waals surface area (Å²) in [5, 5.41) is 0. The lowest BCUT2D eigenvalue weighted by Crippen LogP contribution is -1.91. The van der Waals surface area contributed by atoms with Gasteiger partial charge >= 0.3 is 0 Å². The Labute approximate surface area is 90.5 Å². The summed E-state index contributed by atoms with van der Waals surface area (Å²) in [7, 11) is 0. The number of rotatable bonds is 3. The number of aromatic nitrogens is 2. The van der Waals surface area contributed by atoms with Crippen LogP contribution in [-0.4, -0.2) is 9.36 Å². The van der Waals surface area contributed by atoms with Crippen molar-refractivity contribution in [2.45, 2.75) is 10.1 Å². The number of benzene rings is 1. The SMILES string of the molecule is Nc1ccccc1CSc1ncns1. The third kappa shape index (κ3) is 2.24. The second-order valence-electron chi connectivity index (χ2n) is 2.69. The van der Waals surface area contributed by atoms with Crippen LogP contribution in [0.4, 0.5) is 5.69 Å². The molecule has 2 aromatic rings. The molecule has 0 radical (unpaired) electrons. The Balaban J connectivity index is 2.02. The van der Waals surface area contributed by atoms with Crippen LogP contribution in [0.3, 0.4) is 0 Å². The van der Waals surface area contributed by atoms with Gasteiger partial charge < -0.3 is 5.73 Å². The summed E-state index contributed by atoms with van der Waals surface area (Å²) < 4.78 is 4.92. The van der Waals surface area contributed by atoms with Gasteiger partial charge in [0.1, 0.15) is 6.33 Å². The molecule has 1 aromatic heterocycles. The number of nitrogens with zero attached hydrogens (tertiary/aromatic N) is 2. The van der Waals surface area contributed by atoms with Gasteiger partial charge in [0.25, 0.3) is 0 Å². The summed E-state index contributed by atoms with van der Waals surface area (Å²) in [4.78, 5) is 4.09. The predicted molar refractivity (Wildman–Crippen MR) is 60.3 cm³/mol. The first-order valence-corrected chi connectivity index (χ1v) is 5.85. The van der Waals surface area contributed by atoms with Crippen molar-refractivity contribution in [1.29, 1.82) is 0 Å². The molecule has 0 atom stereocenters. The topological polar surface area (TPSA) is 51.8 Å². The fourth-order valence-electron chi connectivity index (χ4n) is 1.03. The van der Waals surface area contributed by atoms with Crippen LogP contribution in [0, 0.1) is 0 Å². The zero-order valence-electron chi connectivity index (χ0n) is 7.38. The number of para-hydroxylation sites is 1. The van der Waals surface area contributed by atoms with E-state index in [0.717, 1.165) is 21.3 Å². The van der Waals surface area contributed by atoms with E-state index in [1.807, 2.05) is 24.3 Å². The van der Waals surface area contributed by atoms with Crippen LogP contribution in [0.1, 0.15) is 5.56 Å². The molecular weight excluding hydrogens is 214 g/mol. The minimum Gasteiger partial charge on any atom is -0.398 e. The molecule has 0 amide bonds. The number of hydrogen-bond donors (Lipinski definition) is 1. The Kier molecular flexibility index (Phi) is 3.00. The quantitative estimate of drug-likeness (QED) is 0.641. The van der Waals surface area contributed by atoms with Crippen LogP contribution in [0.15, 0.2) is 34.9 Å². The van der Waals surface area contributed by atoms with Crippen LogP contribution in [-0.2, 0) is 5.75 Å². The lowest BCUT2D eigenvalue weighted by Gasteiger charge is -2.02. The van der Waals surface area contributed by atoms with Gasteiger partial charge in [-0.25, -0.2) is 4.98 Å². The van der Waals surface area contributed by atoms with Gasteiger partial charge in [-0.15, -0.1) is 0 Å². The molecule has 0 saturated carbocycles. The highest BCUT2D eigenvalue weighted by molar-refractivity contribution is 8.00. The molecule has 14 heavy (non-hydrogen) atoms. The maximum atomic E-state index is 5.81. The highest BCUT2D eigenvalue weighted by atomic mass is 32.2. The molecule has 2 rings (SSSR count). The van der Waals surface area contributed by atoms with Gasteiger partial charge in [-0.2, -0.15) is 4.37 Å². The molecule has 3 nitrogen and oxygen atoms in total. The van der Waals surface area contributed by atoms with E-state index in [0.29, 0.717) is 0 Å². The van der Waals surface area contributed by atoms with E-state index < -0.39 is 0 Å². The molecule has 2 N–H and O–H groups in total. The highest BCUT2D eigenvalue weighted by Gasteiger charge is 2.01. The van der Waals surface area contributed by atoms with E-state index in [2.05, 4.69) is 9.36 Å². The normalized spacial score (nSPS) is 10.3. The zero-order valence-corrected chi connectivity index (χ0v) is 9.02. The minimum atomic E-state index is 0.838. The van der Waals surface area contributed by atoms with Gasteiger partial charge in [-0.05, 0) is 23.2 Å². The monoisotopic (exact) mass is 223 g/mol. The summed E-state index contributed by atoms with van der Waals surface area (Å²) >= 11 is 3.07. The van der Waals surface area contributed by atoms with Crippen LogP contribution >= 0.6 is 23.3 Å². The van der Waals surface area contributed by atoms with Crippen molar-refractivity contribution in [3.05, 3.63) is 36.2 Å². The van der Waals surface area contributed by atoms with E-state index in [-0.39, 0.29) is 0 Å². The first-order chi connectivity index (χ1) is 6.86. The molecule has 0 spiro atoms. The molecule has 0 aliphatic carbocycles. The van der Waals surface area contributed by atoms with Crippen LogP contribution in [0.25, 0.3) is 0 Å². The fourth-order valence-corrected chi connectivity index (χ4v) is 2.49. The number of hydrogen-bond acceptors (Lipinski definition) is 5. The second-order valence-corrected chi connectivity index (χ2v) is 4.70. The molecule has 0 saturated heterocycles. The van der Waals surface area contributed by atoms with Crippen molar-refractivity contribution >= 4 is 29.0 Å². The van der Waals surface area contributed by atoms with Gasteiger partial charge in [-0.1, -0.05) is 30.0 Å². The first-order valence-electron chi connectivity index (χ1n) is 4.09. The van der Waals surface area contributed by atoms with Gasteiger partial charge in [0, 0.05) is 11.4 Å². The summed E-state index contributed by atoms with van der Waals surface area (Å²) in [6.45, 7) is 0. The van der Waals surface area contributed by atoms with Crippen molar-refractivity contribution < 1.29 is 0 Å². The van der Waals surface area contributed by atoms with Crippen molar-refractivity contribution in [2.75, 3.05) is 5.73 Å². The Bertz CT molecular complexity index is 400. The number of thioether (sulfide) groups is 1. The summed E-state index contributed by atoms with van der Waals surface area (Å²) in [6, 6.07) is 7.88. The van der Waals surface area contributed by atoms with E-state index in [1.54, 1.807) is 18.1 Å². The molecule has 1 heterocycles. The number of anilines is 1. The lowest BCUT2D eigenvalue weighted by molar-refractivity contribution is 1.21. The molecule has 0 unspecified atom stereocenters. The standard InChI is InChI=1S/C9H9N3S2/c10-8-4-2-1-3-7(8)5-13-9-11-6-12-14-9/h1-4,6H,5,10H2. The molecule has 0 aliphatic rings. The molecule has 72 valence electrons. The Hall–Kier alpha value is -1.07. The maximum Gasteiger partial charge on any atom is 0.170 e. The van der Waals surface area contributed by atoms with E-state index in [9.17, 15) is 0 Å². The van der Waals surface area contributed by atoms with Crippen molar-refractivity contribution in [2.24, 2.45) is 0 Å². The molecule has 0 aliphatic heterocycles. The smallest absolute Gasteiger partial charge is 0.170 e. The van der Waals surface area contributed by atoms with Gasteiger partial charge in [0.15, 0.2) is 4.34 Å². The third-order valence-corrected chi connectivity index (χ3v) is 3.59. The van der Waals surface area contributed by atoms with Gasteiger partial charge in [0.2, 0.25) is 0 Å². The van der Waals surface area contributed by atoms with Gasteiger partial charge in [-0.3, -0.25) is 0 Å². The summed E-state index contributed by atoms with van der Waals surface area (Å²) in [5.41, 5.74) is 7.80. The Morgan fingerprint density at radius 1 is 1.36 bits per heavy atom. The molecule has 1 aromatic carbocycles. The molecule has 0 fully saturated rings. The van der Waals surface area contributed by atoms with E-state index >= 15 is 0 Å². The van der Waals surface area contributed by atoms with Crippen molar-refractivity contribution in [1.82, 2.24) is 9.36 Å². The lowest BCUT2D eigenvalue weighted by atomic mass is 10.2. The molecule has 0 bridgehead atoms.